The Morgan fingerprint density at radius 1 is 1.64 bits per heavy atom. The van der Waals surface area contributed by atoms with Crippen molar-refractivity contribution < 1.29 is 4.79 Å². The molecule has 0 aliphatic rings. The molecule has 0 aliphatic heterocycles. The molecule has 0 heterocycles. The number of carbonyl (C=O) groups is 1. The first-order chi connectivity index (χ1) is 5.20. The molecule has 66 valence electrons. The molecular weight excluding hydrogens is 142 g/mol. The summed E-state index contributed by atoms with van der Waals surface area (Å²) in [7, 11) is 0. The zero-order valence-corrected chi connectivity index (χ0v) is 6.92. The van der Waals surface area contributed by atoms with Gasteiger partial charge in [-0.2, -0.15) is 0 Å². The minimum atomic E-state index is 0.0266. The van der Waals surface area contributed by atoms with Crippen LogP contribution in [0, 0.1) is 5.92 Å². The SMILES string of the molecule is CC(CN)CC(N)CNC=O. The third kappa shape index (κ3) is 5.82. The Bertz CT molecular complexity index is 108. The van der Waals surface area contributed by atoms with Gasteiger partial charge in [-0.3, -0.25) is 4.79 Å². The van der Waals surface area contributed by atoms with E-state index in [9.17, 15) is 4.79 Å². The van der Waals surface area contributed by atoms with E-state index in [2.05, 4.69) is 5.32 Å². The molecule has 5 N–H and O–H groups in total. The molecule has 0 radical (unpaired) electrons. The smallest absolute Gasteiger partial charge is 0.207 e. The zero-order chi connectivity index (χ0) is 8.69. The van der Waals surface area contributed by atoms with Gasteiger partial charge in [0, 0.05) is 12.6 Å². The van der Waals surface area contributed by atoms with E-state index in [4.69, 9.17) is 11.5 Å². The highest BCUT2D eigenvalue weighted by Gasteiger charge is 2.06. The van der Waals surface area contributed by atoms with Crippen LogP contribution in [0.5, 0.6) is 0 Å². The van der Waals surface area contributed by atoms with Crippen molar-refractivity contribution in [3.63, 3.8) is 0 Å². The quantitative estimate of drug-likeness (QED) is 0.437. The van der Waals surface area contributed by atoms with Crippen molar-refractivity contribution in [2.45, 2.75) is 19.4 Å². The van der Waals surface area contributed by atoms with E-state index in [0.29, 0.717) is 25.4 Å². The van der Waals surface area contributed by atoms with Gasteiger partial charge in [0.15, 0.2) is 0 Å². The summed E-state index contributed by atoms with van der Waals surface area (Å²) in [5.74, 6) is 0.429. The van der Waals surface area contributed by atoms with Crippen LogP contribution < -0.4 is 16.8 Å². The third-order valence-corrected chi connectivity index (χ3v) is 1.57. The fourth-order valence-electron chi connectivity index (χ4n) is 0.896. The van der Waals surface area contributed by atoms with E-state index in [1.165, 1.54) is 0 Å². The third-order valence-electron chi connectivity index (χ3n) is 1.57. The number of hydrogen-bond acceptors (Lipinski definition) is 3. The Morgan fingerprint density at radius 2 is 2.27 bits per heavy atom. The summed E-state index contributed by atoms with van der Waals surface area (Å²) in [6.07, 6.45) is 1.52. The van der Waals surface area contributed by atoms with Crippen molar-refractivity contribution in [3.8, 4) is 0 Å². The lowest BCUT2D eigenvalue weighted by molar-refractivity contribution is -0.109. The summed E-state index contributed by atoms with van der Waals surface area (Å²) < 4.78 is 0. The maximum absolute atomic E-state index is 9.87. The average Bonchev–Trinajstić information content (AvgIpc) is 2.00. The largest absolute Gasteiger partial charge is 0.357 e. The lowest BCUT2D eigenvalue weighted by Crippen LogP contribution is -2.35. The fourth-order valence-corrected chi connectivity index (χ4v) is 0.896. The second-order valence-corrected chi connectivity index (χ2v) is 2.86. The van der Waals surface area contributed by atoms with Gasteiger partial charge in [0.25, 0.3) is 0 Å². The first-order valence-electron chi connectivity index (χ1n) is 3.83. The summed E-state index contributed by atoms with van der Waals surface area (Å²) in [4.78, 5) is 9.87. The van der Waals surface area contributed by atoms with Crippen molar-refractivity contribution >= 4 is 6.41 Å². The maximum atomic E-state index is 9.87. The molecule has 0 rings (SSSR count). The van der Waals surface area contributed by atoms with Crippen LogP contribution in [0.15, 0.2) is 0 Å². The van der Waals surface area contributed by atoms with Crippen LogP contribution in [-0.2, 0) is 4.79 Å². The molecule has 0 spiro atoms. The van der Waals surface area contributed by atoms with Gasteiger partial charge in [0.05, 0.1) is 0 Å². The highest BCUT2D eigenvalue weighted by atomic mass is 16.1. The van der Waals surface area contributed by atoms with Crippen molar-refractivity contribution in [2.75, 3.05) is 13.1 Å². The lowest BCUT2D eigenvalue weighted by Gasteiger charge is -2.14. The van der Waals surface area contributed by atoms with E-state index >= 15 is 0 Å². The topological polar surface area (TPSA) is 81.1 Å². The molecule has 0 aliphatic carbocycles. The molecule has 2 unspecified atom stereocenters. The zero-order valence-electron chi connectivity index (χ0n) is 6.92. The van der Waals surface area contributed by atoms with Gasteiger partial charge in [-0.15, -0.1) is 0 Å². The monoisotopic (exact) mass is 159 g/mol. The second-order valence-electron chi connectivity index (χ2n) is 2.86. The van der Waals surface area contributed by atoms with Crippen LogP contribution in [0.25, 0.3) is 0 Å². The minimum Gasteiger partial charge on any atom is -0.357 e. The molecule has 2 atom stereocenters. The average molecular weight is 159 g/mol. The van der Waals surface area contributed by atoms with Crippen LogP contribution in [0.3, 0.4) is 0 Å². The molecule has 0 fully saturated rings. The molecule has 1 amide bonds. The summed E-state index contributed by atoms with van der Waals surface area (Å²) in [5, 5.41) is 2.53. The van der Waals surface area contributed by atoms with Gasteiger partial charge >= 0.3 is 0 Å². The molecule has 0 aromatic rings. The number of rotatable bonds is 6. The van der Waals surface area contributed by atoms with Crippen molar-refractivity contribution in [2.24, 2.45) is 17.4 Å². The van der Waals surface area contributed by atoms with E-state index in [0.717, 1.165) is 6.42 Å². The Balaban J connectivity index is 3.34. The number of amides is 1. The first-order valence-corrected chi connectivity index (χ1v) is 3.83. The fraction of sp³-hybridized carbons (Fsp3) is 0.857. The Kier molecular flexibility index (Phi) is 5.78. The molecular formula is C7H17N3O. The predicted octanol–water partition coefficient (Wildman–Crippen LogP) is -0.955. The van der Waals surface area contributed by atoms with Gasteiger partial charge in [0.2, 0.25) is 6.41 Å². The van der Waals surface area contributed by atoms with Crippen molar-refractivity contribution in [1.82, 2.24) is 5.32 Å². The highest BCUT2D eigenvalue weighted by Crippen LogP contribution is 2.00. The van der Waals surface area contributed by atoms with Gasteiger partial charge in [0.1, 0.15) is 0 Å². The summed E-state index contributed by atoms with van der Waals surface area (Å²) in [6.45, 7) is 3.23. The number of nitrogens with two attached hydrogens (primary N) is 2. The van der Waals surface area contributed by atoms with E-state index in [-0.39, 0.29) is 6.04 Å². The first kappa shape index (κ1) is 10.4. The molecule has 0 saturated carbocycles. The van der Waals surface area contributed by atoms with Gasteiger partial charge < -0.3 is 16.8 Å². The van der Waals surface area contributed by atoms with Gasteiger partial charge in [-0.25, -0.2) is 0 Å². The van der Waals surface area contributed by atoms with Crippen molar-refractivity contribution in [3.05, 3.63) is 0 Å². The molecule has 0 aromatic heterocycles. The van der Waals surface area contributed by atoms with Crippen LogP contribution >= 0.6 is 0 Å². The predicted molar refractivity (Wildman–Crippen MR) is 44.9 cm³/mol. The van der Waals surface area contributed by atoms with Crippen LogP contribution in [0.4, 0.5) is 0 Å². The Labute approximate surface area is 67.3 Å². The molecule has 0 aromatic carbocycles. The Morgan fingerprint density at radius 3 is 2.73 bits per heavy atom. The lowest BCUT2D eigenvalue weighted by atomic mass is 10.0. The van der Waals surface area contributed by atoms with Crippen LogP contribution in [0.1, 0.15) is 13.3 Å². The number of hydrogen-bond donors (Lipinski definition) is 3. The molecule has 0 saturated heterocycles. The van der Waals surface area contributed by atoms with E-state index < -0.39 is 0 Å². The van der Waals surface area contributed by atoms with Gasteiger partial charge in [-0.1, -0.05) is 6.92 Å². The number of carbonyl (C=O) groups excluding carboxylic acids is 1. The Hall–Kier alpha value is -0.610. The number of nitrogens with one attached hydrogen (secondary N) is 1. The standard InChI is InChI=1S/C7H17N3O/c1-6(3-8)2-7(9)4-10-5-11/h5-7H,2-4,8-9H2,1H3,(H,10,11). The molecule has 0 bridgehead atoms. The molecule has 4 heteroatoms. The second kappa shape index (κ2) is 6.12. The minimum absolute atomic E-state index is 0.0266. The van der Waals surface area contributed by atoms with Crippen molar-refractivity contribution in [1.29, 1.82) is 0 Å². The molecule has 4 nitrogen and oxygen atoms in total. The van der Waals surface area contributed by atoms with E-state index in [1.54, 1.807) is 0 Å². The summed E-state index contributed by atoms with van der Waals surface area (Å²) in [6, 6.07) is 0.0266. The summed E-state index contributed by atoms with van der Waals surface area (Å²) >= 11 is 0. The molecule has 11 heavy (non-hydrogen) atoms. The van der Waals surface area contributed by atoms with Crippen LogP contribution in [0.2, 0.25) is 0 Å². The van der Waals surface area contributed by atoms with Crippen LogP contribution in [-0.4, -0.2) is 25.5 Å². The normalized spacial score (nSPS) is 15.5. The van der Waals surface area contributed by atoms with E-state index in [1.807, 2.05) is 6.92 Å². The highest BCUT2D eigenvalue weighted by molar-refractivity contribution is 5.45. The summed E-state index contributed by atoms with van der Waals surface area (Å²) in [5.41, 5.74) is 11.1. The maximum Gasteiger partial charge on any atom is 0.207 e. The van der Waals surface area contributed by atoms with Gasteiger partial charge in [-0.05, 0) is 18.9 Å².